The summed E-state index contributed by atoms with van der Waals surface area (Å²) >= 11 is 6.41. The number of benzene rings is 1. The molecule has 0 bridgehead atoms. The molecule has 1 aromatic heterocycles. The minimum absolute atomic E-state index is 0.130. The molecule has 5 nitrogen and oxygen atoms in total. The average molecular weight is 424 g/mol. The molecule has 0 aliphatic rings. The zero-order chi connectivity index (χ0) is 14.9. The number of furan rings is 1. The van der Waals surface area contributed by atoms with E-state index in [0.29, 0.717) is 20.6 Å². The Morgan fingerprint density at radius 2 is 1.95 bits per heavy atom. The fraction of sp³-hybridized carbons (Fsp3) is 0.167. The molecular formula is C12H12Br2N2O3S. The van der Waals surface area contributed by atoms with Gasteiger partial charge in [0.1, 0.15) is 5.76 Å². The highest BCUT2D eigenvalue weighted by molar-refractivity contribution is 9.10. The van der Waals surface area contributed by atoms with Crippen molar-refractivity contribution in [3.05, 3.63) is 45.2 Å². The van der Waals surface area contributed by atoms with Crippen LogP contribution in [0.1, 0.15) is 5.76 Å². The van der Waals surface area contributed by atoms with Gasteiger partial charge in [-0.2, -0.15) is 4.31 Å². The van der Waals surface area contributed by atoms with E-state index in [-0.39, 0.29) is 11.4 Å². The first-order valence-electron chi connectivity index (χ1n) is 5.56. The SMILES string of the molecule is CN(Cc1ccc(Br)o1)S(=O)(=O)c1cc(N)ccc1Br. The smallest absolute Gasteiger partial charge is 0.244 e. The summed E-state index contributed by atoms with van der Waals surface area (Å²) in [5, 5.41) is 0. The molecule has 0 amide bonds. The number of rotatable bonds is 4. The number of halogens is 2. The first kappa shape index (κ1) is 15.6. The standard InChI is InChI=1S/C12H12Br2N2O3S/c1-16(7-9-3-5-12(14)19-9)20(17,18)11-6-8(15)2-4-10(11)13/h2-6H,7,15H2,1H3. The monoisotopic (exact) mass is 422 g/mol. The van der Waals surface area contributed by atoms with Gasteiger partial charge < -0.3 is 10.2 Å². The molecule has 2 rings (SSSR count). The van der Waals surface area contributed by atoms with Crippen molar-refractivity contribution >= 4 is 47.6 Å². The second-order valence-corrected chi connectivity index (χ2v) is 7.81. The Balaban J connectivity index is 2.32. The molecule has 1 heterocycles. The Labute approximate surface area is 134 Å². The zero-order valence-electron chi connectivity index (χ0n) is 10.5. The molecule has 108 valence electrons. The van der Waals surface area contributed by atoms with Crippen LogP contribution in [0, 0.1) is 0 Å². The molecule has 0 aliphatic carbocycles. The average Bonchev–Trinajstić information content (AvgIpc) is 2.77. The van der Waals surface area contributed by atoms with E-state index in [1.807, 2.05) is 0 Å². The minimum atomic E-state index is -3.65. The van der Waals surface area contributed by atoms with Crippen molar-refractivity contribution in [1.29, 1.82) is 0 Å². The van der Waals surface area contributed by atoms with Crippen LogP contribution in [0.5, 0.6) is 0 Å². The number of hydrogen-bond donors (Lipinski definition) is 1. The van der Waals surface area contributed by atoms with Gasteiger partial charge in [0, 0.05) is 17.2 Å². The Kier molecular flexibility index (Phi) is 4.58. The summed E-state index contributed by atoms with van der Waals surface area (Å²) < 4.78 is 32.6. The fourth-order valence-electron chi connectivity index (χ4n) is 1.63. The van der Waals surface area contributed by atoms with Crippen molar-refractivity contribution in [2.45, 2.75) is 11.4 Å². The van der Waals surface area contributed by atoms with E-state index in [1.165, 1.54) is 17.4 Å². The molecule has 2 N–H and O–H groups in total. The number of nitrogens with two attached hydrogens (primary N) is 1. The van der Waals surface area contributed by atoms with E-state index < -0.39 is 10.0 Å². The van der Waals surface area contributed by atoms with Crippen LogP contribution in [-0.4, -0.2) is 19.8 Å². The second-order valence-electron chi connectivity index (χ2n) is 4.16. The predicted octanol–water partition coefficient (Wildman–Crippen LogP) is 3.21. The van der Waals surface area contributed by atoms with Gasteiger partial charge in [-0.05, 0) is 62.2 Å². The predicted molar refractivity (Wildman–Crippen MR) is 83.6 cm³/mol. The molecule has 1 aromatic carbocycles. The lowest BCUT2D eigenvalue weighted by Crippen LogP contribution is -2.26. The number of nitrogens with zero attached hydrogens (tertiary/aromatic N) is 1. The van der Waals surface area contributed by atoms with Crippen molar-refractivity contribution in [2.24, 2.45) is 0 Å². The molecule has 0 radical (unpaired) electrons. The van der Waals surface area contributed by atoms with Crippen molar-refractivity contribution < 1.29 is 12.8 Å². The fourth-order valence-corrected chi connectivity index (χ4v) is 4.06. The minimum Gasteiger partial charge on any atom is -0.453 e. The van der Waals surface area contributed by atoms with Crippen LogP contribution in [0.3, 0.4) is 0 Å². The Morgan fingerprint density at radius 1 is 1.25 bits per heavy atom. The van der Waals surface area contributed by atoms with Crippen LogP contribution < -0.4 is 5.73 Å². The van der Waals surface area contributed by atoms with Gasteiger partial charge in [-0.1, -0.05) is 0 Å². The number of sulfonamides is 1. The maximum Gasteiger partial charge on any atom is 0.244 e. The Bertz CT molecular complexity index is 728. The number of nitrogen functional groups attached to an aromatic ring is 1. The highest BCUT2D eigenvalue weighted by Gasteiger charge is 2.24. The molecule has 0 atom stereocenters. The third kappa shape index (κ3) is 3.25. The molecule has 0 saturated heterocycles. The quantitative estimate of drug-likeness (QED) is 0.766. The van der Waals surface area contributed by atoms with Gasteiger partial charge in [0.2, 0.25) is 10.0 Å². The van der Waals surface area contributed by atoms with Gasteiger partial charge in [-0.25, -0.2) is 8.42 Å². The number of hydrogen-bond acceptors (Lipinski definition) is 4. The topological polar surface area (TPSA) is 76.5 Å². The van der Waals surface area contributed by atoms with Gasteiger partial charge in [0.25, 0.3) is 0 Å². The highest BCUT2D eigenvalue weighted by atomic mass is 79.9. The van der Waals surface area contributed by atoms with Crippen LogP contribution in [0.15, 0.2) is 48.8 Å². The molecule has 0 unspecified atom stereocenters. The normalized spacial score (nSPS) is 12.0. The van der Waals surface area contributed by atoms with Crippen molar-refractivity contribution in [2.75, 3.05) is 12.8 Å². The van der Waals surface area contributed by atoms with E-state index in [0.717, 1.165) is 0 Å². The maximum atomic E-state index is 12.5. The molecular weight excluding hydrogens is 412 g/mol. The van der Waals surface area contributed by atoms with Gasteiger partial charge in [-0.3, -0.25) is 0 Å². The third-order valence-corrected chi connectivity index (χ3v) is 5.87. The van der Waals surface area contributed by atoms with E-state index in [4.69, 9.17) is 10.2 Å². The first-order chi connectivity index (χ1) is 9.30. The Hall–Kier alpha value is -0.830. The van der Waals surface area contributed by atoms with Crippen molar-refractivity contribution in [1.82, 2.24) is 4.31 Å². The summed E-state index contributed by atoms with van der Waals surface area (Å²) in [5.41, 5.74) is 6.04. The van der Waals surface area contributed by atoms with Crippen molar-refractivity contribution in [3.63, 3.8) is 0 Å². The molecule has 0 spiro atoms. The molecule has 0 aliphatic heterocycles. The number of anilines is 1. The van der Waals surface area contributed by atoms with Crippen LogP contribution in [0.2, 0.25) is 0 Å². The van der Waals surface area contributed by atoms with Crippen LogP contribution >= 0.6 is 31.9 Å². The molecule has 0 fully saturated rings. The lowest BCUT2D eigenvalue weighted by atomic mass is 10.3. The van der Waals surface area contributed by atoms with E-state index >= 15 is 0 Å². The first-order valence-corrected chi connectivity index (χ1v) is 8.59. The van der Waals surface area contributed by atoms with Crippen LogP contribution in [-0.2, 0) is 16.6 Å². The highest BCUT2D eigenvalue weighted by Crippen LogP contribution is 2.27. The molecule has 2 aromatic rings. The van der Waals surface area contributed by atoms with Crippen molar-refractivity contribution in [3.8, 4) is 0 Å². The lowest BCUT2D eigenvalue weighted by molar-refractivity contribution is 0.398. The summed E-state index contributed by atoms with van der Waals surface area (Å²) in [6, 6.07) is 8.09. The summed E-state index contributed by atoms with van der Waals surface area (Å²) in [4.78, 5) is 0.130. The van der Waals surface area contributed by atoms with E-state index in [2.05, 4.69) is 31.9 Å². The van der Waals surface area contributed by atoms with E-state index in [9.17, 15) is 8.42 Å². The largest absolute Gasteiger partial charge is 0.453 e. The molecule has 0 saturated carbocycles. The Morgan fingerprint density at radius 3 is 2.55 bits per heavy atom. The zero-order valence-corrected chi connectivity index (χ0v) is 14.5. The van der Waals surface area contributed by atoms with Gasteiger partial charge >= 0.3 is 0 Å². The van der Waals surface area contributed by atoms with Gasteiger partial charge in [-0.15, -0.1) is 0 Å². The third-order valence-electron chi connectivity index (χ3n) is 2.65. The van der Waals surface area contributed by atoms with Gasteiger partial charge in [0.15, 0.2) is 4.67 Å². The van der Waals surface area contributed by atoms with E-state index in [1.54, 1.807) is 24.3 Å². The van der Waals surface area contributed by atoms with Crippen LogP contribution in [0.25, 0.3) is 0 Å². The lowest BCUT2D eigenvalue weighted by Gasteiger charge is -2.17. The van der Waals surface area contributed by atoms with Crippen LogP contribution in [0.4, 0.5) is 5.69 Å². The summed E-state index contributed by atoms with van der Waals surface area (Å²) in [6.45, 7) is 0.134. The summed E-state index contributed by atoms with van der Waals surface area (Å²) in [6.07, 6.45) is 0. The molecule has 8 heteroatoms. The second kappa shape index (κ2) is 5.88. The maximum absolute atomic E-state index is 12.5. The summed E-state index contributed by atoms with van der Waals surface area (Å²) in [5.74, 6) is 0.544. The summed E-state index contributed by atoms with van der Waals surface area (Å²) in [7, 11) is -2.16. The molecule has 20 heavy (non-hydrogen) atoms. The van der Waals surface area contributed by atoms with Gasteiger partial charge in [0.05, 0.1) is 11.4 Å².